The van der Waals surface area contributed by atoms with Gasteiger partial charge >= 0.3 is 0 Å². The van der Waals surface area contributed by atoms with Crippen LogP contribution in [0.3, 0.4) is 0 Å². The number of hydrogen-bond donors (Lipinski definition) is 1. The second-order valence-electron chi connectivity index (χ2n) is 12.8. The van der Waals surface area contributed by atoms with Gasteiger partial charge in [0.05, 0.1) is 36.9 Å². The molecule has 0 radical (unpaired) electrons. The molecule has 0 saturated heterocycles. The maximum absolute atomic E-state index is 13.2. The zero-order chi connectivity index (χ0) is 30.0. The van der Waals surface area contributed by atoms with Crippen LogP contribution in [0.4, 0.5) is 11.4 Å². The smallest absolute Gasteiger partial charge is 0.296 e. The zero-order valence-electron chi connectivity index (χ0n) is 26.5. The third-order valence-corrected chi connectivity index (χ3v) is 10.9. The van der Waals surface area contributed by atoms with Crippen molar-refractivity contribution in [2.75, 3.05) is 31.4 Å². The van der Waals surface area contributed by atoms with Crippen molar-refractivity contribution < 1.29 is 17.8 Å². The summed E-state index contributed by atoms with van der Waals surface area (Å²) in [6.07, 6.45) is 22.2. The lowest BCUT2D eigenvalue weighted by Crippen LogP contribution is -2.47. The minimum absolute atomic E-state index is 0.0775. The summed E-state index contributed by atoms with van der Waals surface area (Å²) in [5.74, 6) is 0. The number of quaternary nitrogens is 1. The Morgan fingerprint density at radius 3 is 1.83 bits per heavy atom. The Kier molecular flexibility index (Phi) is 16.9. The van der Waals surface area contributed by atoms with E-state index < -0.39 is 20.2 Å². The quantitative estimate of drug-likeness (QED) is 0.0476. The maximum Gasteiger partial charge on any atom is 0.296 e. The lowest BCUT2D eigenvalue weighted by Gasteiger charge is -2.35. The highest BCUT2D eigenvalue weighted by Gasteiger charge is 2.30. The molecule has 1 aliphatic rings. The predicted octanol–water partition coefficient (Wildman–Crippen LogP) is 9.16. The number of nitro groups is 1. The van der Waals surface area contributed by atoms with E-state index in [4.69, 9.17) is 0 Å². The number of rotatable bonds is 22. The highest BCUT2D eigenvalue weighted by Crippen LogP contribution is 2.33. The molecule has 0 spiro atoms. The number of para-hydroxylation sites is 1. The fraction of sp³-hybridized carbons (Fsp3) is 0.818. The lowest BCUT2D eigenvalue weighted by atomic mass is 10.1. The first-order valence-corrected chi connectivity index (χ1v) is 18.4. The summed E-state index contributed by atoms with van der Waals surface area (Å²) in [5.41, 5.74) is 0.669. The molecular formula is C33H60N3O4S+. The van der Waals surface area contributed by atoms with Crippen LogP contribution < -0.4 is 4.72 Å². The molecule has 236 valence electrons. The molecular weight excluding hydrogens is 534 g/mol. The van der Waals surface area contributed by atoms with E-state index in [1.807, 2.05) is 6.07 Å². The van der Waals surface area contributed by atoms with Gasteiger partial charge in [0.2, 0.25) is 10.0 Å². The Labute approximate surface area is 251 Å². The number of likely N-dealkylation sites (N-methyl/N-ethyl adjacent to an activating group) is 1. The fourth-order valence-electron chi connectivity index (χ4n) is 6.33. The van der Waals surface area contributed by atoms with Crippen LogP contribution in [-0.4, -0.2) is 49.8 Å². The number of nitrogens with zero attached hydrogens (tertiary/aromatic N) is 2. The van der Waals surface area contributed by atoms with Crippen LogP contribution in [0.25, 0.3) is 0 Å². The van der Waals surface area contributed by atoms with E-state index in [0.717, 1.165) is 49.8 Å². The Hall–Kier alpha value is -1.67. The second-order valence-corrected chi connectivity index (χ2v) is 14.7. The molecule has 41 heavy (non-hydrogen) atoms. The van der Waals surface area contributed by atoms with Gasteiger partial charge < -0.3 is 4.48 Å². The average Bonchev–Trinajstić information content (AvgIpc) is 3.24. The Morgan fingerprint density at radius 2 is 1.32 bits per heavy atom. The molecule has 1 fully saturated rings. The van der Waals surface area contributed by atoms with Crippen molar-refractivity contribution in [3.05, 3.63) is 33.9 Å². The molecule has 8 heteroatoms. The van der Waals surface area contributed by atoms with Gasteiger partial charge in [-0.25, -0.2) is 8.42 Å². The molecule has 1 atom stereocenters. The number of benzene rings is 1. The first kappa shape index (κ1) is 35.5. The van der Waals surface area contributed by atoms with E-state index >= 15 is 0 Å². The van der Waals surface area contributed by atoms with Crippen molar-refractivity contribution in [2.45, 2.75) is 148 Å². The van der Waals surface area contributed by atoms with E-state index in [2.05, 4.69) is 25.6 Å². The number of anilines is 1. The van der Waals surface area contributed by atoms with E-state index in [1.165, 1.54) is 83.5 Å². The van der Waals surface area contributed by atoms with Gasteiger partial charge in [0.1, 0.15) is 5.69 Å². The summed E-state index contributed by atoms with van der Waals surface area (Å²) >= 11 is 0. The topological polar surface area (TPSA) is 89.3 Å². The molecule has 2 rings (SSSR count). The maximum atomic E-state index is 13.2. The largest absolute Gasteiger partial charge is 0.326 e. The second kappa shape index (κ2) is 19.5. The molecule has 1 saturated carbocycles. The van der Waals surface area contributed by atoms with Crippen LogP contribution in [0, 0.1) is 10.1 Å². The number of hydrogen-bond acceptors (Lipinski definition) is 4. The van der Waals surface area contributed by atoms with E-state index in [9.17, 15) is 18.5 Å². The Balaban J connectivity index is 2.08. The van der Waals surface area contributed by atoms with Gasteiger partial charge in [-0.1, -0.05) is 109 Å². The molecule has 0 heterocycles. The van der Waals surface area contributed by atoms with Crippen molar-refractivity contribution in [3.63, 3.8) is 0 Å². The monoisotopic (exact) mass is 594 g/mol. The molecule has 7 nitrogen and oxygen atoms in total. The molecule has 1 aromatic carbocycles. The molecule has 0 bridgehead atoms. The van der Waals surface area contributed by atoms with Gasteiger partial charge in [0, 0.05) is 12.0 Å². The summed E-state index contributed by atoms with van der Waals surface area (Å²) in [5, 5.41) is 11.8. The minimum Gasteiger partial charge on any atom is -0.326 e. The van der Waals surface area contributed by atoms with Gasteiger partial charge in [-0.3, -0.25) is 14.8 Å². The fourth-order valence-corrected chi connectivity index (χ4v) is 7.92. The van der Waals surface area contributed by atoms with Crippen LogP contribution >= 0.6 is 0 Å². The highest BCUT2D eigenvalue weighted by atomic mass is 32.2. The normalized spacial score (nSPS) is 16.3. The Morgan fingerprint density at radius 1 is 0.805 bits per heavy atom. The van der Waals surface area contributed by atoms with Crippen LogP contribution in [0.1, 0.15) is 141 Å². The average molecular weight is 595 g/mol. The summed E-state index contributed by atoms with van der Waals surface area (Å²) in [4.78, 5) is 11.9. The van der Waals surface area contributed by atoms with Gasteiger partial charge in [0.15, 0.2) is 0 Å². The van der Waals surface area contributed by atoms with Crippen LogP contribution in [0.15, 0.2) is 18.2 Å². The van der Waals surface area contributed by atoms with E-state index in [-0.39, 0.29) is 11.4 Å². The molecule has 0 aliphatic heterocycles. The molecule has 1 aliphatic carbocycles. The van der Waals surface area contributed by atoms with Crippen LogP contribution in [0.5, 0.6) is 0 Å². The van der Waals surface area contributed by atoms with Gasteiger partial charge in [-0.15, -0.1) is 0 Å². The molecule has 1 unspecified atom stereocenters. The van der Waals surface area contributed by atoms with Crippen LogP contribution in [0.2, 0.25) is 0 Å². The first-order valence-electron chi connectivity index (χ1n) is 16.8. The summed E-state index contributed by atoms with van der Waals surface area (Å²) < 4.78 is 30.0. The first-order chi connectivity index (χ1) is 19.7. The Bertz CT molecular complexity index is 977. The standard InChI is InChI=1S/C33H60N3O4S/c1-4-6-8-10-11-12-16-20-28-36(3,27-19-15-9-7-5-2)29-26-30-22-21-25-32(33(30)35(37)38)34-41(39,40)31-23-17-13-14-18-24-31/h21-22,25,31,34H,4-20,23-24,26-29H2,1-3H3/q+1. The third kappa shape index (κ3) is 13.5. The minimum atomic E-state index is -3.68. The van der Waals surface area contributed by atoms with Crippen molar-refractivity contribution in [2.24, 2.45) is 0 Å². The lowest BCUT2D eigenvalue weighted by molar-refractivity contribution is -0.909. The predicted molar refractivity (Wildman–Crippen MR) is 173 cm³/mol. The van der Waals surface area contributed by atoms with Crippen molar-refractivity contribution >= 4 is 21.4 Å². The van der Waals surface area contributed by atoms with Crippen LogP contribution in [-0.2, 0) is 16.4 Å². The van der Waals surface area contributed by atoms with Gasteiger partial charge in [-0.2, -0.15) is 0 Å². The summed E-state index contributed by atoms with van der Waals surface area (Å²) in [6.45, 7) is 7.49. The molecule has 0 amide bonds. The highest BCUT2D eigenvalue weighted by molar-refractivity contribution is 7.93. The number of sulfonamides is 1. The van der Waals surface area contributed by atoms with Crippen molar-refractivity contribution in [3.8, 4) is 0 Å². The number of nitro benzene ring substituents is 1. The van der Waals surface area contributed by atoms with E-state index in [0.29, 0.717) is 24.8 Å². The number of unbranched alkanes of at least 4 members (excludes halogenated alkanes) is 11. The van der Waals surface area contributed by atoms with Gasteiger partial charge in [0.25, 0.3) is 5.69 Å². The van der Waals surface area contributed by atoms with Gasteiger partial charge in [-0.05, 0) is 44.6 Å². The van der Waals surface area contributed by atoms with Crippen molar-refractivity contribution in [1.29, 1.82) is 0 Å². The summed E-state index contributed by atoms with van der Waals surface area (Å²) in [7, 11) is -1.37. The summed E-state index contributed by atoms with van der Waals surface area (Å²) in [6, 6.07) is 5.13. The molecule has 1 N–H and O–H groups in total. The van der Waals surface area contributed by atoms with Crippen molar-refractivity contribution in [1.82, 2.24) is 0 Å². The zero-order valence-corrected chi connectivity index (χ0v) is 27.3. The molecule has 0 aromatic heterocycles. The molecule has 1 aromatic rings. The van der Waals surface area contributed by atoms with E-state index in [1.54, 1.807) is 12.1 Å². The SMILES string of the molecule is CCCCCCCCCC[N+](C)(CCCCCCC)CCc1cccc(NS(=O)(=O)C2CCCCCC2)c1[N+](=O)[O-]. The number of nitrogens with one attached hydrogen (secondary N) is 1. The third-order valence-electron chi connectivity index (χ3n) is 9.07.